The summed E-state index contributed by atoms with van der Waals surface area (Å²) in [5.41, 5.74) is 1.23. The van der Waals surface area contributed by atoms with Crippen molar-refractivity contribution in [2.24, 2.45) is 0 Å². The third kappa shape index (κ3) is 3.01. The third-order valence-corrected chi connectivity index (χ3v) is 4.45. The van der Waals surface area contributed by atoms with Crippen molar-refractivity contribution >= 4 is 17.7 Å². The van der Waals surface area contributed by atoms with Crippen LogP contribution in [0.2, 0.25) is 0 Å². The van der Waals surface area contributed by atoms with Gasteiger partial charge in [-0.3, -0.25) is 9.48 Å². The van der Waals surface area contributed by atoms with E-state index in [1.807, 2.05) is 23.9 Å². The first-order chi connectivity index (χ1) is 9.83. The van der Waals surface area contributed by atoms with Gasteiger partial charge in [0.25, 0.3) is 0 Å². The first-order valence-electron chi connectivity index (χ1n) is 6.66. The van der Waals surface area contributed by atoms with E-state index in [4.69, 9.17) is 0 Å². The number of rotatable bonds is 4. The van der Waals surface area contributed by atoms with Gasteiger partial charge in [-0.1, -0.05) is 18.2 Å². The summed E-state index contributed by atoms with van der Waals surface area (Å²) in [6.45, 7) is 0.564. The number of nitrogens with one attached hydrogen (secondary N) is 1. The van der Waals surface area contributed by atoms with Crippen molar-refractivity contribution in [3.63, 3.8) is 0 Å². The molecule has 1 N–H and O–H groups in total. The fourth-order valence-electron chi connectivity index (χ4n) is 2.32. The number of carbonyl (C=O) groups is 1. The maximum atomic E-state index is 12.0. The van der Waals surface area contributed by atoms with Crippen molar-refractivity contribution < 1.29 is 4.79 Å². The lowest BCUT2D eigenvalue weighted by Gasteiger charge is -2.25. The molecule has 0 aliphatic carbocycles. The molecule has 1 aliphatic heterocycles. The Morgan fingerprint density at radius 1 is 1.45 bits per heavy atom. The molecule has 0 fully saturated rings. The van der Waals surface area contributed by atoms with Gasteiger partial charge >= 0.3 is 0 Å². The molecule has 2 aromatic rings. The smallest absolute Gasteiger partial charge is 0.222 e. The molecule has 0 saturated heterocycles. The van der Waals surface area contributed by atoms with Crippen molar-refractivity contribution in [1.29, 1.82) is 0 Å². The molecule has 1 atom stereocenters. The average Bonchev–Trinajstić information content (AvgIpc) is 2.99. The van der Waals surface area contributed by atoms with E-state index in [0.717, 1.165) is 12.2 Å². The van der Waals surface area contributed by atoms with Gasteiger partial charge < -0.3 is 5.32 Å². The monoisotopic (exact) mass is 288 g/mol. The first-order valence-corrected chi connectivity index (χ1v) is 7.65. The zero-order valence-electron chi connectivity index (χ0n) is 11.0. The molecule has 2 heterocycles. The van der Waals surface area contributed by atoms with Crippen LogP contribution in [0.5, 0.6) is 0 Å². The number of hydrogen-bond donors (Lipinski definition) is 1. The number of amides is 1. The number of nitrogens with zero attached hydrogens (tertiary/aromatic N) is 3. The number of fused-ring (bicyclic) bond motifs is 1. The van der Waals surface area contributed by atoms with Crippen LogP contribution >= 0.6 is 11.8 Å². The van der Waals surface area contributed by atoms with Crippen LogP contribution in [0.3, 0.4) is 0 Å². The number of hydrogen-bond acceptors (Lipinski definition) is 4. The molecule has 0 spiro atoms. The van der Waals surface area contributed by atoms with Crippen LogP contribution < -0.4 is 5.32 Å². The fourth-order valence-corrected chi connectivity index (χ4v) is 3.45. The third-order valence-electron chi connectivity index (χ3n) is 3.33. The molecule has 0 saturated carbocycles. The Morgan fingerprint density at radius 2 is 2.35 bits per heavy atom. The van der Waals surface area contributed by atoms with Gasteiger partial charge in [-0.05, 0) is 18.1 Å². The molecule has 0 radical (unpaired) electrons. The fraction of sp³-hybridized carbons (Fsp3) is 0.357. The number of thioether (sulfide) groups is 1. The van der Waals surface area contributed by atoms with Gasteiger partial charge in [-0.2, -0.15) is 5.10 Å². The molecule has 6 heteroatoms. The quantitative estimate of drug-likeness (QED) is 0.935. The molecule has 5 nitrogen and oxygen atoms in total. The average molecular weight is 288 g/mol. The molecule has 1 aliphatic rings. The molecule has 0 bridgehead atoms. The zero-order chi connectivity index (χ0) is 13.8. The summed E-state index contributed by atoms with van der Waals surface area (Å²) >= 11 is 1.86. The Morgan fingerprint density at radius 3 is 3.20 bits per heavy atom. The van der Waals surface area contributed by atoms with Crippen molar-refractivity contribution in [1.82, 2.24) is 20.1 Å². The van der Waals surface area contributed by atoms with E-state index in [2.05, 4.69) is 27.5 Å². The number of aryl methyl sites for hydroxylation is 1. The van der Waals surface area contributed by atoms with Gasteiger partial charge in [0.2, 0.25) is 5.91 Å². The maximum absolute atomic E-state index is 12.0. The molecule has 1 amide bonds. The van der Waals surface area contributed by atoms with E-state index in [1.165, 1.54) is 16.8 Å². The minimum atomic E-state index is 0.0622. The highest BCUT2D eigenvalue weighted by molar-refractivity contribution is 7.99. The summed E-state index contributed by atoms with van der Waals surface area (Å²) < 4.78 is 1.67. The standard InChI is InChI=1S/C14H16N4OS/c19-14(5-7-18-10-15-9-16-18)17-12-6-8-20-13-4-2-1-3-11(12)13/h1-4,9-10,12H,5-8H2,(H,17,19). The summed E-state index contributed by atoms with van der Waals surface area (Å²) in [6.07, 6.45) is 4.51. The van der Waals surface area contributed by atoms with Crippen molar-refractivity contribution in [2.45, 2.75) is 30.3 Å². The van der Waals surface area contributed by atoms with Crippen LogP contribution in [-0.4, -0.2) is 26.4 Å². The highest BCUT2D eigenvalue weighted by Crippen LogP contribution is 2.35. The highest BCUT2D eigenvalue weighted by atomic mass is 32.2. The first kappa shape index (κ1) is 13.2. The molecule has 20 heavy (non-hydrogen) atoms. The summed E-state index contributed by atoms with van der Waals surface area (Å²) in [7, 11) is 0. The van der Waals surface area contributed by atoms with Crippen LogP contribution in [0.4, 0.5) is 0 Å². The second-order valence-corrected chi connectivity index (χ2v) is 5.84. The molecule has 1 aromatic heterocycles. The normalized spacial score (nSPS) is 17.5. The van der Waals surface area contributed by atoms with Gasteiger partial charge in [0.1, 0.15) is 12.7 Å². The lowest BCUT2D eigenvalue weighted by molar-refractivity contribution is -0.122. The molecule has 104 valence electrons. The van der Waals surface area contributed by atoms with Crippen LogP contribution in [0.1, 0.15) is 24.4 Å². The summed E-state index contributed by atoms with van der Waals surface area (Å²) in [4.78, 5) is 17.2. The topological polar surface area (TPSA) is 59.8 Å². The van der Waals surface area contributed by atoms with E-state index in [0.29, 0.717) is 13.0 Å². The maximum Gasteiger partial charge on any atom is 0.222 e. The van der Waals surface area contributed by atoms with E-state index in [9.17, 15) is 4.79 Å². The van der Waals surface area contributed by atoms with Crippen molar-refractivity contribution in [3.8, 4) is 0 Å². The Labute approximate surface area is 121 Å². The minimum Gasteiger partial charge on any atom is -0.349 e. The highest BCUT2D eigenvalue weighted by Gasteiger charge is 2.21. The van der Waals surface area contributed by atoms with Crippen LogP contribution in [0.15, 0.2) is 41.8 Å². The molecular weight excluding hydrogens is 272 g/mol. The summed E-state index contributed by atoms with van der Waals surface area (Å²) in [5, 5.41) is 7.12. The van der Waals surface area contributed by atoms with Gasteiger partial charge in [-0.25, -0.2) is 4.98 Å². The zero-order valence-corrected chi connectivity index (χ0v) is 11.8. The molecular formula is C14H16N4OS. The van der Waals surface area contributed by atoms with Crippen molar-refractivity contribution in [3.05, 3.63) is 42.5 Å². The van der Waals surface area contributed by atoms with Gasteiger partial charge in [0, 0.05) is 17.1 Å². The van der Waals surface area contributed by atoms with E-state index >= 15 is 0 Å². The Balaban J connectivity index is 1.59. The Kier molecular flexibility index (Phi) is 4.01. The molecule has 1 unspecified atom stereocenters. The lowest BCUT2D eigenvalue weighted by atomic mass is 10.0. The summed E-state index contributed by atoms with van der Waals surface area (Å²) in [6, 6.07) is 8.42. The largest absolute Gasteiger partial charge is 0.349 e. The molecule has 1 aromatic carbocycles. The Hall–Kier alpha value is -1.82. The van der Waals surface area contributed by atoms with Gasteiger partial charge in [-0.15, -0.1) is 11.8 Å². The van der Waals surface area contributed by atoms with E-state index < -0.39 is 0 Å². The number of aromatic nitrogens is 3. The summed E-state index contributed by atoms with van der Waals surface area (Å²) in [5.74, 6) is 1.11. The minimum absolute atomic E-state index is 0.0622. The van der Waals surface area contributed by atoms with Crippen molar-refractivity contribution in [2.75, 3.05) is 5.75 Å². The van der Waals surface area contributed by atoms with Crippen LogP contribution in [0, 0.1) is 0 Å². The number of carbonyl (C=O) groups excluding carboxylic acids is 1. The predicted molar refractivity (Wildman–Crippen MR) is 77.3 cm³/mol. The number of benzene rings is 1. The molecule has 3 rings (SSSR count). The van der Waals surface area contributed by atoms with E-state index in [-0.39, 0.29) is 11.9 Å². The van der Waals surface area contributed by atoms with Crippen LogP contribution in [-0.2, 0) is 11.3 Å². The van der Waals surface area contributed by atoms with Crippen LogP contribution in [0.25, 0.3) is 0 Å². The van der Waals surface area contributed by atoms with Gasteiger partial charge in [0.15, 0.2) is 0 Å². The Bertz CT molecular complexity index is 585. The SMILES string of the molecule is O=C(CCn1cncn1)NC1CCSc2ccccc21. The van der Waals surface area contributed by atoms with Gasteiger partial charge in [0.05, 0.1) is 12.6 Å². The van der Waals surface area contributed by atoms with E-state index in [1.54, 1.807) is 11.0 Å². The second kappa shape index (κ2) is 6.09. The second-order valence-electron chi connectivity index (χ2n) is 4.70. The predicted octanol–water partition coefficient (Wildman–Crippen LogP) is 2.02. The lowest BCUT2D eigenvalue weighted by Crippen LogP contribution is -2.31.